The van der Waals surface area contributed by atoms with Crippen LogP contribution in [0.3, 0.4) is 0 Å². The van der Waals surface area contributed by atoms with Crippen LogP contribution in [0.5, 0.6) is 0 Å². The maximum atomic E-state index is 12.2. The number of benzene rings is 1. The van der Waals surface area contributed by atoms with Crippen LogP contribution in [-0.4, -0.2) is 61.0 Å². The maximum Gasteiger partial charge on any atom is 0.240 e. The number of rotatable bonds is 6. The molecule has 0 radical (unpaired) electrons. The van der Waals surface area contributed by atoms with Crippen LogP contribution in [0, 0.1) is 0 Å². The van der Waals surface area contributed by atoms with Gasteiger partial charge in [-0.05, 0) is 18.2 Å². The van der Waals surface area contributed by atoms with Crippen LogP contribution >= 0.6 is 24.8 Å². The molecule has 1 saturated heterocycles. The molecule has 0 unspecified atom stereocenters. The van der Waals surface area contributed by atoms with E-state index in [2.05, 4.69) is 14.9 Å². The van der Waals surface area contributed by atoms with Gasteiger partial charge in [0, 0.05) is 39.3 Å². The van der Waals surface area contributed by atoms with Crippen LogP contribution in [0.4, 0.5) is 0 Å². The number of primary sulfonamides is 1. The first-order valence-corrected chi connectivity index (χ1v) is 9.87. The van der Waals surface area contributed by atoms with Gasteiger partial charge in [0.05, 0.1) is 9.79 Å². The maximum absolute atomic E-state index is 12.2. The highest BCUT2D eigenvalue weighted by Gasteiger charge is 2.17. The minimum absolute atomic E-state index is 0. The third-order valence-electron chi connectivity index (χ3n) is 3.37. The second-order valence-corrected chi connectivity index (χ2v) is 8.34. The zero-order valence-corrected chi connectivity index (χ0v) is 16.1. The van der Waals surface area contributed by atoms with Gasteiger partial charge >= 0.3 is 0 Å². The average Bonchev–Trinajstić information content (AvgIpc) is 2.47. The molecule has 0 bridgehead atoms. The second kappa shape index (κ2) is 9.88. The number of hydrogen-bond acceptors (Lipinski definition) is 6. The molecule has 1 heterocycles. The predicted molar refractivity (Wildman–Crippen MR) is 96.8 cm³/mol. The molecule has 1 aromatic rings. The van der Waals surface area contributed by atoms with E-state index in [1.165, 1.54) is 18.2 Å². The summed E-state index contributed by atoms with van der Waals surface area (Å²) in [5.74, 6) is 0. The van der Waals surface area contributed by atoms with E-state index in [0.717, 1.165) is 32.2 Å². The lowest BCUT2D eigenvalue weighted by Crippen LogP contribution is -2.46. The van der Waals surface area contributed by atoms with E-state index in [-0.39, 0.29) is 41.1 Å². The first kappa shape index (κ1) is 23.5. The van der Waals surface area contributed by atoms with Crippen molar-refractivity contribution >= 4 is 44.9 Å². The Labute approximate surface area is 155 Å². The molecule has 1 aromatic carbocycles. The number of halogens is 2. The van der Waals surface area contributed by atoms with Gasteiger partial charge in [0.15, 0.2) is 0 Å². The molecule has 12 heteroatoms. The third kappa shape index (κ3) is 6.81. The van der Waals surface area contributed by atoms with Crippen molar-refractivity contribution in [1.29, 1.82) is 0 Å². The summed E-state index contributed by atoms with van der Waals surface area (Å²) >= 11 is 0. The molecule has 1 aliphatic heterocycles. The largest absolute Gasteiger partial charge is 0.314 e. The highest BCUT2D eigenvalue weighted by molar-refractivity contribution is 7.90. The standard InChI is InChI=1S/C12H20N4O4S2.2ClH/c13-21(17,18)11-2-1-3-12(10-11)22(19,20)15-6-9-16-7-4-14-5-8-16;;/h1-3,10,14-15H,4-9H2,(H2,13,17,18);2*1H. The third-order valence-corrected chi connectivity index (χ3v) is 5.74. The van der Waals surface area contributed by atoms with E-state index in [9.17, 15) is 16.8 Å². The van der Waals surface area contributed by atoms with Gasteiger partial charge in [-0.15, -0.1) is 24.8 Å². The molecule has 0 aliphatic carbocycles. The minimum Gasteiger partial charge on any atom is -0.314 e. The smallest absolute Gasteiger partial charge is 0.240 e. The van der Waals surface area contributed by atoms with Crippen LogP contribution in [0.1, 0.15) is 0 Å². The number of piperazine rings is 1. The molecule has 0 amide bonds. The Morgan fingerprint density at radius 3 is 2.25 bits per heavy atom. The lowest BCUT2D eigenvalue weighted by molar-refractivity contribution is 0.245. The molecule has 2 rings (SSSR count). The summed E-state index contributed by atoms with van der Waals surface area (Å²) in [5.41, 5.74) is 0. The summed E-state index contributed by atoms with van der Waals surface area (Å²) in [5, 5.41) is 8.23. The molecular weight excluding hydrogens is 399 g/mol. The number of nitrogens with two attached hydrogens (primary N) is 1. The van der Waals surface area contributed by atoms with Crippen molar-refractivity contribution in [1.82, 2.24) is 14.9 Å². The molecule has 0 aromatic heterocycles. The normalized spacial score (nSPS) is 16.0. The zero-order chi connectivity index (χ0) is 16.2. The molecule has 140 valence electrons. The average molecular weight is 421 g/mol. The fourth-order valence-electron chi connectivity index (χ4n) is 2.17. The number of nitrogens with zero attached hydrogens (tertiary/aromatic N) is 1. The molecule has 0 spiro atoms. The Kier molecular flexibility index (Phi) is 9.69. The first-order valence-electron chi connectivity index (χ1n) is 6.85. The van der Waals surface area contributed by atoms with Crippen molar-refractivity contribution in [2.75, 3.05) is 39.3 Å². The monoisotopic (exact) mass is 420 g/mol. The lowest BCUT2D eigenvalue weighted by atomic mass is 10.3. The van der Waals surface area contributed by atoms with Gasteiger partial charge < -0.3 is 5.32 Å². The Morgan fingerprint density at radius 1 is 1.08 bits per heavy atom. The quantitative estimate of drug-likeness (QED) is 0.562. The van der Waals surface area contributed by atoms with Crippen molar-refractivity contribution in [2.45, 2.75) is 9.79 Å². The Bertz CT molecular complexity index is 722. The molecule has 24 heavy (non-hydrogen) atoms. The van der Waals surface area contributed by atoms with Gasteiger partial charge in [-0.25, -0.2) is 26.7 Å². The van der Waals surface area contributed by atoms with Crippen molar-refractivity contribution in [2.24, 2.45) is 5.14 Å². The Hall–Kier alpha value is -0.460. The number of hydrogen-bond donors (Lipinski definition) is 3. The van der Waals surface area contributed by atoms with Gasteiger partial charge in [0.1, 0.15) is 0 Å². The number of nitrogens with one attached hydrogen (secondary N) is 2. The fraction of sp³-hybridized carbons (Fsp3) is 0.500. The molecule has 1 fully saturated rings. The molecule has 0 saturated carbocycles. The predicted octanol–water partition coefficient (Wildman–Crippen LogP) is -0.639. The van der Waals surface area contributed by atoms with Crippen molar-refractivity contribution in [3.63, 3.8) is 0 Å². The van der Waals surface area contributed by atoms with E-state index in [4.69, 9.17) is 5.14 Å². The topological polar surface area (TPSA) is 122 Å². The SMILES string of the molecule is Cl.Cl.NS(=O)(=O)c1cccc(S(=O)(=O)NCCN2CCNCC2)c1. The molecular formula is C12H22Cl2N4O4S2. The summed E-state index contributed by atoms with van der Waals surface area (Å²) in [4.78, 5) is 1.82. The molecule has 4 N–H and O–H groups in total. The molecule has 8 nitrogen and oxygen atoms in total. The highest BCUT2D eigenvalue weighted by atomic mass is 35.5. The van der Waals surface area contributed by atoms with Gasteiger partial charge in [-0.1, -0.05) is 6.07 Å². The van der Waals surface area contributed by atoms with Crippen LogP contribution in [0.2, 0.25) is 0 Å². The van der Waals surface area contributed by atoms with E-state index in [1.807, 2.05) is 0 Å². The first-order chi connectivity index (χ1) is 10.3. The summed E-state index contributed by atoms with van der Waals surface area (Å²) in [6, 6.07) is 5.00. The Morgan fingerprint density at radius 2 is 1.67 bits per heavy atom. The molecule has 0 atom stereocenters. The van der Waals surface area contributed by atoms with Crippen molar-refractivity contribution < 1.29 is 16.8 Å². The second-order valence-electron chi connectivity index (χ2n) is 5.01. The number of sulfonamides is 2. The van der Waals surface area contributed by atoms with E-state index in [1.54, 1.807) is 0 Å². The van der Waals surface area contributed by atoms with Crippen molar-refractivity contribution in [3.05, 3.63) is 24.3 Å². The lowest BCUT2D eigenvalue weighted by Gasteiger charge is -2.27. The van der Waals surface area contributed by atoms with Crippen LogP contribution in [0.25, 0.3) is 0 Å². The summed E-state index contributed by atoms with van der Waals surface area (Å²) in [6.45, 7) is 4.41. The van der Waals surface area contributed by atoms with Gasteiger partial charge in [0.2, 0.25) is 20.0 Å². The Balaban J connectivity index is 0.00000264. The highest BCUT2D eigenvalue weighted by Crippen LogP contribution is 2.14. The zero-order valence-electron chi connectivity index (χ0n) is 12.8. The van der Waals surface area contributed by atoms with Crippen LogP contribution < -0.4 is 15.2 Å². The molecule has 1 aliphatic rings. The van der Waals surface area contributed by atoms with E-state index in [0.29, 0.717) is 6.54 Å². The van der Waals surface area contributed by atoms with Crippen LogP contribution in [-0.2, 0) is 20.0 Å². The van der Waals surface area contributed by atoms with Gasteiger partial charge in [-0.3, -0.25) is 4.90 Å². The van der Waals surface area contributed by atoms with Crippen molar-refractivity contribution in [3.8, 4) is 0 Å². The fourth-order valence-corrected chi connectivity index (χ4v) is 3.88. The summed E-state index contributed by atoms with van der Waals surface area (Å²) < 4.78 is 49.4. The minimum atomic E-state index is -3.93. The summed E-state index contributed by atoms with van der Waals surface area (Å²) in [6.07, 6.45) is 0. The summed E-state index contributed by atoms with van der Waals surface area (Å²) in [7, 11) is -7.69. The van der Waals surface area contributed by atoms with Gasteiger partial charge in [0.25, 0.3) is 0 Å². The van der Waals surface area contributed by atoms with Crippen LogP contribution in [0.15, 0.2) is 34.1 Å². The van der Waals surface area contributed by atoms with E-state index < -0.39 is 20.0 Å². The van der Waals surface area contributed by atoms with Gasteiger partial charge in [-0.2, -0.15) is 0 Å². The van der Waals surface area contributed by atoms with E-state index >= 15 is 0 Å².